The van der Waals surface area contributed by atoms with Gasteiger partial charge in [0.25, 0.3) is 5.92 Å². The van der Waals surface area contributed by atoms with E-state index in [1.807, 2.05) is 18.2 Å². The fraction of sp³-hybridized carbons (Fsp3) is 0.583. The Morgan fingerprint density at radius 1 is 1.29 bits per heavy atom. The molecule has 2 nitrogen and oxygen atoms in total. The van der Waals surface area contributed by atoms with Crippen molar-refractivity contribution in [3.05, 3.63) is 24.4 Å². The standard InChI is InChI=1S/C12H16F2N2S/c13-12(14)4-7-16(8-5-12)9-10-17-11-3-1-2-6-15-11/h1-3,6H,4-5,7-10H2. The zero-order chi connectivity index (χ0) is 12.1. The number of thioether (sulfide) groups is 1. The van der Waals surface area contributed by atoms with Crippen LogP contribution in [0.2, 0.25) is 0 Å². The van der Waals surface area contributed by atoms with E-state index in [0.717, 1.165) is 17.3 Å². The predicted molar refractivity (Wildman–Crippen MR) is 65.6 cm³/mol. The van der Waals surface area contributed by atoms with E-state index in [9.17, 15) is 8.78 Å². The van der Waals surface area contributed by atoms with Gasteiger partial charge in [0, 0.05) is 44.4 Å². The molecule has 0 N–H and O–H groups in total. The highest BCUT2D eigenvalue weighted by Crippen LogP contribution is 2.27. The summed E-state index contributed by atoms with van der Waals surface area (Å²) in [6.07, 6.45) is 1.77. The second kappa shape index (κ2) is 5.78. The SMILES string of the molecule is FC1(F)CCN(CCSc2ccccn2)CC1. The molecule has 1 aliphatic heterocycles. The zero-order valence-electron chi connectivity index (χ0n) is 9.61. The number of hydrogen-bond acceptors (Lipinski definition) is 3. The van der Waals surface area contributed by atoms with E-state index in [1.54, 1.807) is 18.0 Å². The van der Waals surface area contributed by atoms with Crippen LogP contribution in [0.4, 0.5) is 8.78 Å². The van der Waals surface area contributed by atoms with Crippen LogP contribution in [0.3, 0.4) is 0 Å². The summed E-state index contributed by atoms with van der Waals surface area (Å²) < 4.78 is 25.8. The van der Waals surface area contributed by atoms with Crippen LogP contribution in [0.15, 0.2) is 29.4 Å². The predicted octanol–water partition coefficient (Wildman–Crippen LogP) is 2.90. The molecule has 2 heterocycles. The molecule has 94 valence electrons. The van der Waals surface area contributed by atoms with Gasteiger partial charge in [-0.25, -0.2) is 13.8 Å². The Bertz CT molecular complexity index is 336. The van der Waals surface area contributed by atoms with E-state index in [4.69, 9.17) is 0 Å². The van der Waals surface area contributed by atoms with Gasteiger partial charge in [0.2, 0.25) is 0 Å². The Morgan fingerprint density at radius 3 is 2.71 bits per heavy atom. The third-order valence-electron chi connectivity index (χ3n) is 2.88. The molecule has 1 aromatic heterocycles. The van der Waals surface area contributed by atoms with Crippen LogP contribution in [-0.2, 0) is 0 Å². The first-order chi connectivity index (χ1) is 8.16. The van der Waals surface area contributed by atoms with Crippen molar-refractivity contribution in [1.82, 2.24) is 9.88 Å². The van der Waals surface area contributed by atoms with Gasteiger partial charge in [0.1, 0.15) is 0 Å². The monoisotopic (exact) mass is 258 g/mol. The normalized spacial score (nSPS) is 20.4. The Balaban J connectivity index is 1.67. The van der Waals surface area contributed by atoms with Gasteiger partial charge in [-0.2, -0.15) is 0 Å². The Morgan fingerprint density at radius 2 is 2.06 bits per heavy atom. The summed E-state index contributed by atoms with van der Waals surface area (Å²) >= 11 is 1.67. The van der Waals surface area contributed by atoms with Gasteiger partial charge >= 0.3 is 0 Å². The molecule has 0 aliphatic carbocycles. The summed E-state index contributed by atoms with van der Waals surface area (Å²) in [4.78, 5) is 6.31. The van der Waals surface area contributed by atoms with Crippen molar-refractivity contribution in [2.75, 3.05) is 25.4 Å². The van der Waals surface area contributed by atoms with Crippen LogP contribution >= 0.6 is 11.8 Å². The average Bonchev–Trinajstić information content (AvgIpc) is 2.33. The first-order valence-corrected chi connectivity index (χ1v) is 6.78. The number of pyridine rings is 1. The molecule has 17 heavy (non-hydrogen) atoms. The van der Waals surface area contributed by atoms with Crippen LogP contribution in [-0.4, -0.2) is 41.2 Å². The highest BCUT2D eigenvalue weighted by Gasteiger charge is 2.33. The van der Waals surface area contributed by atoms with E-state index in [1.165, 1.54) is 0 Å². The third kappa shape index (κ3) is 4.24. The lowest BCUT2D eigenvalue weighted by atomic mass is 10.1. The Hall–Kier alpha value is -0.680. The van der Waals surface area contributed by atoms with Crippen molar-refractivity contribution in [3.8, 4) is 0 Å². The van der Waals surface area contributed by atoms with Gasteiger partial charge in [-0.05, 0) is 12.1 Å². The quantitative estimate of drug-likeness (QED) is 0.773. The van der Waals surface area contributed by atoms with Gasteiger partial charge in [-0.1, -0.05) is 6.07 Å². The van der Waals surface area contributed by atoms with Crippen molar-refractivity contribution >= 4 is 11.8 Å². The number of nitrogens with zero attached hydrogens (tertiary/aromatic N) is 2. The molecule has 0 atom stereocenters. The minimum atomic E-state index is -2.44. The van der Waals surface area contributed by atoms with E-state index < -0.39 is 5.92 Å². The molecular formula is C12H16F2N2S. The lowest BCUT2D eigenvalue weighted by Gasteiger charge is -2.31. The molecule has 1 fully saturated rings. The highest BCUT2D eigenvalue weighted by atomic mass is 32.2. The van der Waals surface area contributed by atoms with E-state index in [-0.39, 0.29) is 12.8 Å². The zero-order valence-corrected chi connectivity index (χ0v) is 10.4. The molecule has 0 amide bonds. The van der Waals surface area contributed by atoms with Crippen molar-refractivity contribution < 1.29 is 8.78 Å². The molecule has 0 bridgehead atoms. The summed E-state index contributed by atoms with van der Waals surface area (Å²) in [5.74, 6) is -1.53. The summed E-state index contributed by atoms with van der Waals surface area (Å²) in [7, 11) is 0. The van der Waals surface area contributed by atoms with Crippen LogP contribution in [0.25, 0.3) is 0 Å². The van der Waals surface area contributed by atoms with Crippen molar-refractivity contribution in [2.45, 2.75) is 23.8 Å². The lowest BCUT2D eigenvalue weighted by molar-refractivity contribution is -0.0539. The molecule has 1 saturated heterocycles. The minimum Gasteiger partial charge on any atom is -0.302 e. The molecule has 5 heteroatoms. The maximum atomic E-state index is 12.9. The second-order valence-electron chi connectivity index (χ2n) is 4.21. The van der Waals surface area contributed by atoms with Gasteiger partial charge in [-0.15, -0.1) is 11.8 Å². The summed E-state index contributed by atoms with van der Waals surface area (Å²) in [5, 5.41) is 0.995. The van der Waals surface area contributed by atoms with Gasteiger partial charge in [-0.3, -0.25) is 0 Å². The average molecular weight is 258 g/mol. The van der Waals surface area contributed by atoms with Crippen LogP contribution in [0, 0.1) is 0 Å². The third-order valence-corrected chi connectivity index (χ3v) is 3.81. The Labute approximate surface area is 104 Å². The molecule has 0 aromatic carbocycles. The van der Waals surface area contributed by atoms with Crippen LogP contribution in [0.5, 0.6) is 0 Å². The number of likely N-dealkylation sites (tertiary alicyclic amines) is 1. The second-order valence-corrected chi connectivity index (χ2v) is 5.33. The van der Waals surface area contributed by atoms with Crippen molar-refractivity contribution in [1.29, 1.82) is 0 Å². The molecule has 0 radical (unpaired) electrons. The largest absolute Gasteiger partial charge is 0.302 e. The number of alkyl halides is 2. The molecular weight excluding hydrogens is 242 g/mol. The number of aromatic nitrogens is 1. The molecule has 0 saturated carbocycles. The van der Waals surface area contributed by atoms with E-state index >= 15 is 0 Å². The molecule has 1 aromatic rings. The summed E-state index contributed by atoms with van der Waals surface area (Å²) in [6, 6.07) is 5.81. The summed E-state index contributed by atoms with van der Waals surface area (Å²) in [6.45, 7) is 1.88. The number of hydrogen-bond donors (Lipinski definition) is 0. The van der Waals surface area contributed by atoms with Crippen molar-refractivity contribution in [2.24, 2.45) is 0 Å². The van der Waals surface area contributed by atoms with E-state index in [2.05, 4.69) is 9.88 Å². The number of rotatable bonds is 4. The van der Waals surface area contributed by atoms with Gasteiger partial charge in [0.05, 0.1) is 5.03 Å². The first-order valence-electron chi connectivity index (χ1n) is 5.80. The first kappa shape index (κ1) is 12.8. The van der Waals surface area contributed by atoms with E-state index in [0.29, 0.717) is 13.1 Å². The molecule has 1 aliphatic rings. The van der Waals surface area contributed by atoms with Crippen molar-refractivity contribution in [3.63, 3.8) is 0 Å². The molecule has 0 spiro atoms. The smallest absolute Gasteiger partial charge is 0.250 e. The maximum Gasteiger partial charge on any atom is 0.250 e. The lowest BCUT2D eigenvalue weighted by Crippen LogP contribution is -2.40. The number of piperidine rings is 1. The van der Waals surface area contributed by atoms with Crippen LogP contribution in [0.1, 0.15) is 12.8 Å². The fourth-order valence-corrected chi connectivity index (χ4v) is 2.68. The molecule has 0 unspecified atom stereocenters. The topological polar surface area (TPSA) is 16.1 Å². The highest BCUT2D eigenvalue weighted by molar-refractivity contribution is 7.99. The fourth-order valence-electron chi connectivity index (χ4n) is 1.82. The molecule has 2 rings (SSSR count). The number of halogens is 2. The van der Waals surface area contributed by atoms with Gasteiger partial charge in [0.15, 0.2) is 0 Å². The van der Waals surface area contributed by atoms with Crippen LogP contribution < -0.4 is 0 Å². The Kier molecular flexibility index (Phi) is 4.34. The maximum absolute atomic E-state index is 12.9. The minimum absolute atomic E-state index is 0.00124. The summed E-state index contributed by atoms with van der Waals surface area (Å²) in [5.41, 5.74) is 0. The van der Waals surface area contributed by atoms with Gasteiger partial charge < -0.3 is 4.90 Å².